The van der Waals surface area contributed by atoms with E-state index in [4.69, 9.17) is 4.74 Å². The minimum Gasteiger partial charge on any atom is -0.495 e. The highest BCUT2D eigenvalue weighted by molar-refractivity contribution is 5.86. The van der Waals surface area contributed by atoms with Gasteiger partial charge in [-0.05, 0) is 18.2 Å². The lowest BCUT2D eigenvalue weighted by Gasteiger charge is -2.14. The number of nitrogens with one attached hydrogen (secondary N) is 1. The number of carbonyl (C=O) groups excluding carboxylic acids is 1. The number of rotatable bonds is 6. The SMILES string of the molecule is COC(=O)c1cn(CCNc2ccc(C(F)(F)F)cc2OC)cn1. The fourth-order valence-corrected chi connectivity index (χ4v) is 2.03. The van der Waals surface area contributed by atoms with E-state index in [-0.39, 0.29) is 11.4 Å². The first-order valence-corrected chi connectivity index (χ1v) is 6.94. The number of ether oxygens (including phenoxy) is 2. The molecule has 0 saturated carbocycles. The highest BCUT2D eigenvalue weighted by Crippen LogP contribution is 2.34. The normalized spacial score (nSPS) is 11.2. The molecule has 2 rings (SSSR count). The van der Waals surface area contributed by atoms with Gasteiger partial charge in [0.2, 0.25) is 0 Å². The van der Waals surface area contributed by atoms with E-state index in [1.165, 1.54) is 32.8 Å². The van der Waals surface area contributed by atoms with Crippen molar-refractivity contribution in [1.82, 2.24) is 9.55 Å². The molecule has 0 unspecified atom stereocenters. The number of benzene rings is 1. The highest BCUT2D eigenvalue weighted by atomic mass is 19.4. The average Bonchev–Trinajstić information content (AvgIpc) is 3.02. The number of aromatic nitrogens is 2. The molecule has 2 aromatic rings. The van der Waals surface area contributed by atoms with Crippen LogP contribution in [0.4, 0.5) is 18.9 Å². The van der Waals surface area contributed by atoms with Crippen LogP contribution in [0.5, 0.6) is 5.75 Å². The third-order valence-electron chi connectivity index (χ3n) is 3.24. The lowest BCUT2D eigenvalue weighted by molar-refractivity contribution is -0.137. The lowest BCUT2D eigenvalue weighted by Crippen LogP contribution is -2.11. The van der Waals surface area contributed by atoms with Crippen LogP contribution in [-0.2, 0) is 17.5 Å². The Morgan fingerprint density at radius 2 is 2.08 bits per heavy atom. The van der Waals surface area contributed by atoms with Crippen LogP contribution < -0.4 is 10.1 Å². The van der Waals surface area contributed by atoms with E-state index in [2.05, 4.69) is 15.0 Å². The molecule has 0 aliphatic carbocycles. The van der Waals surface area contributed by atoms with Gasteiger partial charge in [0.1, 0.15) is 5.75 Å². The van der Waals surface area contributed by atoms with Gasteiger partial charge in [-0.15, -0.1) is 0 Å². The third-order valence-corrected chi connectivity index (χ3v) is 3.24. The summed E-state index contributed by atoms with van der Waals surface area (Å²) in [4.78, 5) is 15.2. The molecule has 0 bridgehead atoms. The number of alkyl halides is 3. The number of halogens is 3. The molecular formula is C15H16F3N3O3. The van der Waals surface area contributed by atoms with Gasteiger partial charge in [-0.25, -0.2) is 9.78 Å². The van der Waals surface area contributed by atoms with Gasteiger partial charge in [-0.2, -0.15) is 13.2 Å². The molecule has 0 radical (unpaired) electrons. The van der Waals surface area contributed by atoms with Crippen molar-refractivity contribution < 1.29 is 27.4 Å². The summed E-state index contributed by atoms with van der Waals surface area (Å²) in [5.41, 5.74) is -0.148. The molecule has 0 aliphatic heterocycles. The van der Waals surface area contributed by atoms with Crippen LogP contribution in [0.25, 0.3) is 0 Å². The second-order valence-corrected chi connectivity index (χ2v) is 4.83. The summed E-state index contributed by atoms with van der Waals surface area (Å²) in [7, 11) is 2.57. The Hall–Kier alpha value is -2.71. The predicted octanol–water partition coefficient (Wildman–Crippen LogP) is 2.81. The number of nitrogens with zero attached hydrogens (tertiary/aromatic N) is 2. The van der Waals surface area contributed by atoms with Crippen molar-refractivity contribution in [2.45, 2.75) is 12.7 Å². The first kappa shape index (κ1) is 17.6. The average molecular weight is 343 g/mol. The number of anilines is 1. The van der Waals surface area contributed by atoms with E-state index < -0.39 is 17.7 Å². The number of imidazole rings is 1. The molecular weight excluding hydrogens is 327 g/mol. The summed E-state index contributed by atoms with van der Waals surface area (Å²) < 4.78 is 49.3. The lowest BCUT2D eigenvalue weighted by atomic mass is 10.2. The van der Waals surface area contributed by atoms with Gasteiger partial charge in [-0.1, -0.05) is 0 Å². The third kappa shape index (κ3) is 4.18. The van der Waals surface area contributed by atoms with Gasteiger partial charge in [0.15, 0.2) is 5.69 Å². The largest absolute Gasteiger partial charge is 0.495 e. The maximum absolute atomic E-state index is 12.7. The summed E-state index contributed by atoms with van der Waals surface area (Å²) in [6.45, 7) is 0.854. The van der Waals surface area contributed by atoms with Crippen molar-refractivity contribution in [3.8, 4) is 5.75 Å². The monoisotopic (exact) mass is 343 g/mol. The molecule has 24 heavy (non-hydrogen) atoms. The molecule has 0 fully saturated rings. The van der Waals surface area contributed by atoms with Crippen LogP contribution in [0, 0.1) is 0 Å². The number of methoxy groups -OCH3 is 2. The van der Waals surface area contributed by atoms with Crippen LogP contribution in [0.1, 0.15) is 16.1 Å². The Morgan fingerprint density at radius 1 is 1.33 bits per heavy atom. The van der Waals surface area contributed by atoms with Crippen LogP contribution in [0.3, 0.4) is 0 Å². The standard InChI is InChI=1S/C15H16F3N3O3/c1-23-13-7-10(15(16,17)18)3-4-11(13)19-5-6-21-8-12(20-9-21)14(22)24-2/h3-4,7-9,19H,5-6H2,1-2H3. The zero-order chi connectivity index (χ0) is 17.7. The molecule has 1 aromatic carbocycles. The van der Waals surface area contributed by atoms with Crippen molar-refractivity contribution in [1.29, 1.82) is 0 Å². The first-order chi connectivity index (χ1) is 11.3. The van der Waals surface area contributed by atoms with Gasteiger partial charge < -0.3 is 19.4 Å². The molecule has 1 N–H and O–H groups in total. The van der Waals surface area contributed by atoms with E-state index >= 15 is 0 Å². The Labute approximate surface area is 136 Å². The van der Waals surface area contributed by atoms with Crippen molar-refractivity contribution in [2.75, 3.05) is 26.1 Å². The topological polar surface area (TPSA) is 65.4 Å². The predicted molar refractivity (Wildman–Crippen MR) is 80.1 cm³/mol. The fraction of sp³-hybridized carbons (Fsp3) is 0.333. The van der Waals surface area contributed by atoms with Crippen LogP contribution in [0.15, 0.2) is 30.7 Å². The van der Waals surface area contributed by atoms with Gasteiger partial charge in [-0.3, -0.25) is 0 Å². The summed E-state index contributed by atoms with van der Waals surface area (Å²) >= 11 is 0. The van der Waals surface area contributed by atoms with Gasteiger partial charge >= 0.3 is 12.1 Å². The smallest absolute Gasteiger partial charge is 0.416 e. The zero-order valence-corrected chi connectivity index (χ0v) is 13.1. The molecule has 0 spiro atoms. The van der Waals surface area contributed by atoms with E-state index in [1.54, 1.807) is 4.57 Å². The Balaban J connectivity index is 1.99. The van der Waals surface area contributed by atoms with E-state index in [9.17, 15) is 18.0 Å². The Bertz CT molecular complexity index is 713. The Morgan fingerprint density at radius 3 is 2.71 bits per heavy atom. The van der Waals surface area contributed by atoms with E-state index in [0.29, 0.717) is 18.8 Å². The molecule has 1 heterocycles. The maximum atomic E-state index is 12.7. The summed E-state index contributed by atoms with van der Waals surface area (Å²) in [6, 6.07) is 3.24. The molecule has 6 nitrogen and oxygen atoms in total. The molecule has 0 amide bonds. The van der Waals surface area contributed by atoms with Crippen molar-refractivity contribution in [3.05, 3.63) is 42.0 Å². The van der Waals surface area contributed by atoms with Crippen molar-refractivity contribution in [2.24, 2.45) is 0 Å². The van der Waals surface area contributed by atoms with Gasteiger partial charge in [0, 0.05) is 19.3 Å². The van der Waals surface area contributed by atoms with Crippen LogP contribution >= 0.6 is 0 Å². The van der Waals surface area contributed by atoms with Crippen LogP contribution in [0.2, 0.25) is 0 Å². The zero-order valence-electron chi connectivity index (χ0n) is 13.1. The number of hydrogen-bond acceptors (Lipinski definition) is 5. The first-order valence-electron chi connectivity index (χ1n) is 6.94. The Kier molecular flexibility index (Phi) is 5.32. The quantitative estimate of drug-likeness (QED) is 0.817. The molecule has 1 aromatic heterocycles. The molecule has 9 heteroatoms. The summed E-state index contributed by atoms with van der Waals surface area (Å²) in [6.07, 6.45) is -1.43. The minimum absolute atomic E-state index is 0.103. The van der Waals surface area contributed by atoms with Gasteiger partial charge in [0.05, 0.1) is 31.8 Å². The second-order valence-electron chi connectivity index (χ2n) is 4.83. The van der Waals surface area contributed by atoms with Crippen LogP contribution in [-0.4, -0.2) is 36.3 Å². The summed E-state index contributed by atoms with van der Waals surface area (Å²) in [5, 5.41) is 2.99. The molecule has 0 saturated heterocycles. The minimum atomic E-state index is -4.42. The number of carbonyl (C=O) groups is 1. The fourth-order valence-electron chi connectivity index (χ4n) is 2.03. The van der Waals surface area contributed by atoms with Gasteiger partial charge in [0.25, 0.3) is 0 Å². The van der Waals surface area contributed by atoms with Crippen molar-refractivity contribution >= 4 is 11.7 Å². The second kappa shape index (κ2) is 7.24. The molecule has 130 valence electrons. The molecule has 0 atom stereocenters. The summed E-state index contributed by atoms with van der Waals surface area (Å²) in [5.74, 6) is -0.433. The van der Waals surface area contributed by atoms with E-state index in [1.807, 2.05) is 0 Å². The highest BCUT2D eigenvalue weighted by Gasteiger charge is 2.31. The molecule has 0 aliphatic rings. The maximum Gasteiger partial charge on any atom is 0.416 e. The number of esters is 1. The number of hydrogen-bond donors (Lipinski definition) is 1. The van der Waals surface area contributed by atoms with E-state index in [0.717, 1.165) is 12.1 Å². The van der Waals surface area contributed by atoms with Crippen molar-refractivity contribution in [3.63, 3.8) is 0 Å².